The first-order chi connectivity index (χ1) is 8.03. The first-order valence-electron chi connectivity index (χ1n) is 5.78. The van der Waals surface area contributed by atoms with E-state index in [1.54, 1.807) is 19.1 Å². The SMILES string of the molecule is CCS(=O)(=O)CC1(c2ccccc2C=O)CC1. The highest BCUT2D eigenvalue weighted by molar-refractivity contribution is 7.91. The van der Waals surface area contributed by atoms with E-state index in [4.69, 9.17) is 0 Å². The minimum absolute atomic E-state index is 0.165. The molecule has 1 aliphatic carbocycles. The number of sulfone groups is 1. The Balaban J connectivity index is 2.36. The summed E-state index contributed by atoms with van der Waals surface area (Å²) in [7, 11) is -3.00. The molecule has 0 bridgehead atoms. The van der Waals surface area contributed by atoms with Crippen LogP contribution in [0.25, 0.3) is 0 Å². The third kappa shape index (κ3) is 2.41. The second kappa shape index (κ2) is 4.26. The molecule has 17 heavy (non-hydrogen) atoms. The molecule has 1 aromatic carbocycles. The molecule has 0 radical (unpaired) electrons. The van der Waals surface area contributed by atoms with Crippen molar-refractivity contribution in [2.45, 2.75) is 25.2 Å². The van der Waals surface area contributed by atoms with Gasteiger partial charge in [0.15, 0.2) is 9.84 Å². The van der Waals surface area contributed by atoms with Gasteiger partial charge in [-0.2, -0.15) is 0 Å². The van der Waals surface area contributed by atoms with Crippen LogP contribution in [0.1, 0.15) is 35.7 Å². The molecule has 0 heterocycles. The van der Waals surface area contributed by atoms with Crippen molar-refractivity contribution >= 4 is 16.1 Å². The van der Waals surface area contributed by atoms with Gasteiger partial charge in [-0.3, -0.25) is 4.79 Å². The van der Waals surface area contributed by atoms with E-state index in [0.717, 1.165) is 24.7 Å². The van der Waals surface area contributed by atoms with Gasteiger partial charge in [0, 0.05) is 16.7 Å². The molecule has 92 valence electrons. The first kappa shape index (κ1) is 12.3. The van der Waals surface area contributed by atoms with Crippen LogP contribution >= 0.6 is 0 Å². The maximum atomic E-state index is 11.7. The third-order valence-electron chi connectivity index (χ3n) is 3.45. The summed E-state index contributed by atoms with van der Waals surface area (Å²) < 4.78 is 23.5. The molecule has 4 heteroatoms. The molecule has 0 aromatic heterocycles. The second-order valence-corrected chi connectivity index (χ2v) is 7.02. The number of benzene rings is 1. The van der Waals surface area contributed by atoms with Gasteiger partial charge in [-0.25, -0.2) is 8.42 Å². The Kier molecular flexibility index (Phi) is 3.08. The Morgan fingerprint density at radius 1 is 1.29 bits per heavy atom. The molecule has 0 saturated heterocycles. The Morgan fingerprint density at radius 2 is 1.94 bits per heavy atom. The molecule has 1 fully saturated rings. The molecule has 0 aliphatic heterocycles. The zero-order valence-electron chi connectivity index (χ0n) is 9.85. The highest BCUT2D eigenvalue weighted by Gasteiger charge is 2.48. The van der Waals surface area contributed by atoms with E-state index in [-0.39, 0.29) is 16.9 Å². The number of hydrogen-bond donors (Lipinski definition) is 0. The molecule has 0 N–H and O–H groups in total. The Bertz CT molecular complexity index is 527. The summed E-state index contributed by atoms with van der Waals surface area (Å²) >= 11 is 0. The summed E-state index contributed by atoms with van der Waals surface area (Å²) in [6.07, 6.45) is 2.53. The van der Waals surface area contributed by atoms with Gasteiger partial charge in [0.05, 0.1) is 5.75 Å². The van der Waals surface area contributed by atoms with Crippen molar-refractivity contribution in [3.8, 4) is 0 Å². The molecule has 2 rings (SSSR count). The van der Waals surface area contributed by atoms with Crippen LogP contribution in [0.5, 0.6) is 0 Å². The molecular formula is C13H16O3S. The van der Waals surface area contributed by atoms with E-state index in [9.17, 15) is 13.2 Å². The summed E-state index contributed by atoms with van der Waals surface area (Å²) in [5.41, 5.74) is 1.22. The molecule has 0 amide bonds. The van der Waals surface area contributed by atoms with Crippen molar-refractivity contribution in [3.05, 3.63) is 35.4 Å². The third-order valence-corrected chi connectivity index (χ3v) is 5.32. The van der Waals surface area contributed by atoms with Crippen LogP contribution in [0.4, 0.5) is 0 Å². The predicted molar refractivity (Wildman–Crippen MR) is 67.1 cm³/mol. The highest BCUT2D eigenvalue weighted by Crippen LogP contribution is 2.50. The van der Waals surface area contributed by atoms with E-state index in [1.807, 2.05) is 12.1 Å². The lowest BCUT2D eigenvalue weighted by atomic mass is 9.93. The van der Waals surface area contributed by atoms with Crippen LogP contribution in [0.15, 0.2) is 24.3 Å². The molecule has 0 atom stereocenters. The Hall–Kier alpha value is -1.16. The first-order valence-corrected chi connectivity index (χ1v) is 7.60. The maximum absolute atomic E-state index is 11.7. The van der Waals surface area contributed by atoms with E-state index >= 15 is 0 Å². The lowest BCUT2D eigenvalue weighted by Crippen LogP contribution is -2.23. The zero-order valence-corrected chi connectivity index (χ0v) is 10.7. The smallest absolute Gasteiger partial charge is 0.150 e. The van der Waals surface area contributed by atoms with Crippen molar-refractivity contribution < 1.29 is 13.2 Å². The lowest BCUT2D eigenvalue weighted by molar-refractivity contribution is 0.112. The summed E-state index contributed by atoms with van der Waals surface area (Å²) in [6.45, 7) is 1.66. The summed E-state index contributed by atoms with van der Waals surface area (Å²) in [5, 5.41) is 0. The van der Waals surface area contributed by atoms with Gasteiger partial charge in [-0.05, 0) is 18.4 Å². The normalized spacial score (nSPS) is 17.7. The predicted octanol–water partition coefficient (Wildman–Crippen LogP) is 1.97. The summed E-state index contributed by atoms with van der Waals surface area (Å²) in [6, 6.07) is 7.29. The fraction of sp³-hybridized carbons (Fsp3) is 0.462. The molecule has 0 spiro atoms. The number of aldehydes is 1. The average molecular weight is 252 g/mol. The van der Waals surface area contributed by atoms with Gasteiger partial charge >= 0.3 is 0 Å². The van der Waals surface area contributed by atoms with Crippen molar-refractivity contribution in [3.63, 3.8) is 0 Å². The topological polar surface area (TPSA) is 51.2 Å². The molecular weight excluding hydrogens is 236 g/mol. The Labute approximate surface area is 102 Å². The average Bonchev–Trinajstić information content (AvgIpc) is 3.09. The maximum Gasteiger partial charge on any atom is 0.150 e. The van der Waals surface area contributed by atoms with Crippen molar-refractivity contribution in [2.75, 3.05) is 11.5 Å². The van der Waals surface area contributed by atoms with Gasteiger partial charge < -0.3 is 0 Å². The zero-order chi connectivity index (χ0) is 12.5. The van der Waals surface area contributed by atoms with Gasteiger partial charge in [-0.1, -0.05) is 31.2 Å². The minimum atomic E-state index is -3.00. The van der Waals surface area contributed by atoms with E-state index in [2.05, 4.69) is 0 Å². The summed E-state index contributed by atoms with van der Waals surface area (Å²) in [4.78, 5) is 11.0. The standard InChI is InChI=1S/C13H16O3S/c1-2-17(15,16)10-13(7-8-13)12-6-4-3-5-11(12)9-14/h3-6,9H,2,7-8,10H2,1H3. The molecule has 1 saturated carbocycles. The molecule has 3 nitrogen and oxygen atoms in total. The van der Waals surface area contributed by atoms with Crippen molar-refractivity contribution in [1.82, 2.24) is 0 Å². The molecule has 1 aromatic rings. The fourth-order valence-electron chi connectivity index (χ4n) is 2.25. The molecule has 0 unspecified atom stereocenters. The van der Waals surface area contributed by atoms with Crippen LogP contribution in [0.3, 0.4) is 0 Å². The van der Waals surface area contributed by atoms with E-state index in [0.29, 0.717) is 5.56 Å². The second-order valence-electron chi connectivity index (χ2n) is 4.66. The quantitative estimate of drug-likeness (QED) is 0.753. The van der Waals surface area contributed by atoms with Crippen LogP contribution in [-0.2, 0) is 15.3 Å². The molecule has 1 aliphatic rings. The van der Waals surface area contributed by atoms with Crippen LogP contribution < -0.4 is 0 Å². The number of carbonyl (C=O) groups excluding carboxylic acids is 1. The number of carbonyl (C=O) groups is 1. The monoisotopic (exact) mass is 252 g/mol. The number of rotatable bonds is 5. The van der Waals surface area contributed by atoms with E-state index in [1.165, 1.54) is 0 Å². The van der Waals surface area contributed by atoms with Crippen LogP contribution in [0.2, 0.25) is 0 Å². The van der Waals surface area contributed by atoms with Gasteiger partial charge in [0.2, 0.25) is 0 Å². The Morgan fingerprint density at radius 3 is 2.47 bits per heavy atom. The van der Waals surface area contributed by atoms with Crippen LogP contribution in [0, 0.1) is 0 Å². The van der Waals surface area contributed by atoms with Crippen molar-refractivity contribution in [2.24, 2.45) is 0 Å². The van der Waals surface area contributed by atoms with Gasteiger partial charge in [0.25, 0.3) is 0 Å². The fourth-order valence-corrected chi connectivity index (χ4v) is 3.74. The van der Waals surface area contributed by atoms with Gasteiger partial charge in [-0.15, -0.1) is 0 Å². The van der Waals surface area contributed by atoms with E-state index < -0.39 is 9.84 Å². The minimum Gasteiger partial charge on any atom is -0.298 e. The highest BCUT2D eigenvalue weighted by atomic mass is 32.2. The largest absolute Gasteiger partial charge is 0.298 e. The van der Waals surface area contributed by atoms with Crippen LogP contribution in [-0.4, -0.2) is 26.2 Å². The summed E-state index contributed by atoms with van der Waals surface area (Å²) in [5.74, 6) is 0.333. The van der Waals surface area contributed by atoms with Gasteiger partial charge in [0.1, 0.15) is 6.29 Å². The van der Waals surface area contributed by atoms with Crippen molar-refractivity contribution in [1.29, 1.82) is 0 Å². The number of hydrogen-bond acceptors (Lipinski definition) is 3. The lowest BCUT2D eigenvalue weighted by Gasteiger charge is -2.17.